The molecule has 0 saturated heterocycles. The van der Waals surface area contributed by atoms with E-state index >= 15 is 0 Å². The molecule has 0 aliphatic heterocycles. The van der Waals surface area contributed by atoms with Crippen LogP contribution in [0.1, 0.15) is 16.9 Å². The zero-order chi connectivity index (χ0) is 17.9. The predicted molar refractivity (Wildman–Crippen MR) is 107 cm³/mol. The summed E-state index contributed by atoms with van der Waals surface area (Å²) in [7, 11) is 0. The van der Waals surface area contributed by atoms with Gasteiger partial charge in [-0.2, -0.15) is 0 Å². The Morgan fingerprint density at radius 2 is 2.04 bits per heavy atom. The molecule has 0 unspecified atom stereocenters. The Labute approximate surface area is 159 Å². The van der Waals surface area contributed by atoms with Gasteiger partial charge in [-0.05, 0) is 30.3 Å². The van der Waals surface area contributed by atoms with E-state index in [2.05, 4.69) is 22.1 Å². The summed E-state index contributed by atoms with van der Waals surface area (Å²) >= 11 is 7.02. The summed E-state index contributed by atoms with van der Waals surface area (Å²) in [6.07, 6.45) is 7.09. The maximum absolute atomic E-state index is 12.9. The van der Waals surface area contributed by atoms with Crippen molar-refractivity contribution in [1.29, 1.82) is 0 Å². The Kier molecular flexibility index (Phi) is 4.81. The first-order valence-electron chi connectivity index (χ1n) is 8.46. The number of imidazole rings is 1. The molecule has 0 saturated carbocycles. The van der Waals surface area contributed by atoms with Crippen molar-refractivity contribution >= 4 is 33.8 Å². The molecule has 0 bridgehead atoms. The summed E-state index contributed by atoms with van der Waals surface area (Å²) in [5.41, 5.74) is 1.23. The third-order valence-corrected chi connectivity index (χ3v) is 5.68. The number of thiophene rings is 1. The molecule has 0 atom stereocenters. The molecule has 4 rings (SSSR count). The standard InChI is InChI=1S/C19H18N4OS2/c24-18-16-12-15(11-14-5-2-1-3-6-14)26-17(16)21-19(25)23(18)9-4-8-22-10-7-20-13-22/h1-3,5-7,10,12-13H,4,8-9,11H2,(H,21,25). The van der Waals surface area contributed by atoms with Gasteiger partial charge in [0, 0.05) is 36.8 Å². The Hall–Kier alpha value is -2.51. The van der Waals surface area contributed by atoms with Gasteiger partial charge in [-0.1, -0.05) is 30.3 Å². The van der Waals surface area contributed by atoms with Crippen LogP contribution in [0.2, 0.25) is 0 Å². The van der Waals surface area contributed by atoms with Gasteiger partial charge in [0.15, 0.2) is 4.77 Å². The van der Waals surface area contributed by atoms with Crippen LogP contribution in [0.5, 0.6) is 0 Å². The fourth-order valence-electron chi connectivity index (χ4n) is 3.01. The van der Waals surface area contributed by atoms with Crippen LogP contribution in [-0.4, -0.2) is 19.1 Å². The van der Waals surface area contributed by atoms with E-state index in [0.29, 0.717) is 11.3 Å². The largest absolute Gasteiger partial charge is 0.337 e. The van der Waals surface area contributed by atoms with Crippen LogP contribution in [-0.2, 0) is 19.5 Å². The van der Waals surface area contributed by atoms with Crippen LogP contribution in [0.3, 0.4) is 0 Å². The van der Waals surface area contributed by atoms with Crippen molar-refractivity contribution in [3.05, 3.63) is 80.7 Å². The maximum Gasteiger partial charge on any atom is 0.263 e. The second-order valence-electron chi connectivity index (χ2n) is 6.16. The van der Waals surface area contributed by atoms with Crippen molar-refractivity contribution < 1.29 is 0 Å². The molecular formula is C19H18N4OS2. The molecule has 0 fully saturated rings. The second kappa shape index (κ2) is 7.39. The number of rotatable bonds is 6. The Bertz CT molecular complexity index is 1120. The van der Waals surface area contributed by atoms with E-state index in [1.807, 2.05) is 35.0 Å². The van der Waals surface area contributed by atoms with Crippen LogP contribution in [0.4, 0.5) is 0 Å². The van der Waals surface area contributed by atoms with E-state index in [4.69, 9.17) is 12.2 Å². The second-order valence-corrected chi connectivity index (χ2v) is 7.68. The van der Waals surface area contributed by atoms with E-state index in [1.54, 1.807) is 28.4 Å². The van der Waals surface area contributed by atoms with Gasteiger partial charge >= 0.3 is 0 Å². The van der Waals surface area contributed by atoms with Crippen LogP contribution in [0, 0.1) is 4.77 Å². The fraction of sp³-hybridized carbons (Fsp3) is 0.211. The number of nitrogens with zero attached hydrogens (tertiary/aromatic N) is 3. The molecule has 4 aromatic rings. The van der Waals surface area contributed by atoms with Crippen molar-refractivity contribution in [2.75, 3.05) is 0 Å². The van der Waals surface area contributed by atoms with Gasteiger partial charge in [0.05, 0.1) is 11.7 Å². The number of aromatic amines is 1. The lowest BCUT2D eigenvalue weighted by atomic mass is 10.1. The number of H-pyrrole nitrogens is 1. The number of benzene rings is 1. The molecule has 1 aromatic carbocycles. The smallest absolute Gasteiger partial charge is 0.263 e. The monoisotopic (exact) mass is 382 g/mol. The average molecular weight is 383 g/mol. The molecule has 0 spiro atoms. The zero-order valence-corrected chi connectivity index (χ0v) is 15.7. The number of hydrogen-bond acceptors (Lipinski definition) is 4. The van der Waals surface area contributed by atoms with Crippen LogP contribution in [0.25, 0.3) is 10.2 Å². The minimum Gasteiger partial charge on any atom is -0.337 e. The lowest BCUT2D eigenvalue weighted by Crippen LogP contribution is -2.22. The van der Waals surface area contributed by atoms with Crippen molar-refractivity contribution in [1.82, 2.24) is 19.1 Å². The van der Waals surface area contributed by atoms with Crippen LogP contribution >= 0.6 is 23.6 Å². The van der Waals surface area contributed by atoms with E-state index in [0.717, 1.165) is 34.5 Å². The molecule has 0 radical (unpaired) electrons. The summed E-state index contributed by atoms with van der Waals surface area (Å²) in [5, 5.41) is 0.720. The Morgan fingerprint density at radius 1 is 1.19 bits per heavy atom. The number of hydrogen-bond donors (Lipinski definition) is 1. The first kappa shape index (κ1) is 16.9. The minimum atomic E-state index is -0.00931. The minimum absolute atomic E-state index is 0.00931. The Morgan fingerprint density at radius 3 is 2.81 bits per heavy atom. The molecule has 7 heteroatoms. The summed E-state index contributed by atoms with van der Waals surface area (Å²) in [6.45, 7) is 1.40. The molecule has 5 nitrogen and oxygen atoms in total. The molecule has 1 N–H and O–H groups in total. The molecule has 0 amide bonds. The van der Waals surface area contributed by atoms with Gasteiger partial charge in [0.1, 0.15) is 4.83 Å². The third kappa shape index (κ3) is 3.54. The molecule has 3 heterocycles. The van der Waals surface area contributed by atoms with Crippen molar-refractivity contribution in [3.63, 3.8) is 0 Å². The topological polar surface area (TPSA) is 55.6 Å². The van der Waals surface area contributed by atoms with Gasteiger partial charge in [0.2, 0.25) is 0 Å². The first-order valence-corrected chi connectivity index (χ1v) is 9.68. The highest BCUT2D eigenvalue weighted by Gasteiger charge is 2.10. The molecule has 0 aliphatic carbocycles. The summed E-state index contributed by atoms with van der Waals surface area (Å²) in [4.78, 5) is 22.1. The quantitative estimate of drug-likeness (QED) is 0.513. The van der Waals surface area contributed by atoms with Gasteiger partial charge in [-0.25, -0.2) is 4.98 Å². The summed E-state index contributed by atoms with van der Waals surface area (Å²) < 4.78 is 4.15. The highest BCUT2D eigenvalue weighted by Crippen LogP contribution is 2.23. The van der Waals surface area contributed by atoms with E-state index in [1.165, 1.54) is 5.56 Å². The van der Waals surface area contributed by atoms with Gasteiger partial charge in [-0.15, -0.1) is 11.3 Å². The predicted octanol–water partition coefficient (Wildman–Crippen LogP) is 4.00. The highest BCUT2D eigenvalue weighted by atomic mass is 32.1. The average Bonchev–Trinajstić information content (AvgIpc) is 3.28. The molecule has 26 heavy (non-hydrogen) atoms. The van der Waals surface area contributed by atoms with Crippen molar-refractivity contribution in [2.45, 2.75) is 25.9 Å². The van der Waals surface area contributed by atoms with E-state index in [-0.39, 0.29) is 5.56 Å². The summed E-state index contributed by atoms with van der Waals surface area (Å²) in [5.74, 6) is 0. The van der Waals surface area contributed by atoms with E-state index < -0.39 is 0 Å². The molecule has 0 aliphatic rings. The fourth-order valence-corrected chi connectivity index (χ4v) is 4.44. The first-order chi connectivity index (χ1) is 12.7. The summed E-state index contributed by atoms with van der Waals surface area (Å²) in [6, 6.07) is 12.3. The lowest BCUT2D eigenvalue weighted by Gasteiger charge is -2.06. The third-order valence-electron chi connectivity index (χ3n) is 4.30. The molecule has 132 valence electrons. The number of nitrogens with one attached hydrogen (secondary N) is 1. The van der Waals surface area contributed by atoms with Crippen LogP contribution < -0.4 is 5.56 Å². The van der Waals surface area contributed by atoms with Crippen LogP contribution in [0.15, 0.2) is 59.9 Å². The van der Waals surface area contributed by atoms with Crippen molar-refractivity contribution in [3.8, 4) is 0 Å². The molecular weight excluding hydrogens is 364 g/mol. The lowest BCUT2D eigenvalue weighted by molar-refractivity contribution is 0.546. The van der Waals surface area contributed by atoms with E-state index in [9.17, 15) is 4.79 Å². The highest BCUT2D eigenvalue weighted by molar-refractivity contribution is 7.71. The number of fused-ring (bicyclic) bond motifs is 1. The van der Waals surface area contributed by atoms with Gasteiger partial charge < -0.3 is 9.55 Å². The van der Waals surface area contributed by atoms with Gasteiger partial charge in [0.25, 0.3) is 5.56 Å². The number of aromatic nitrogens is 4. The number of aryl methyl sites for hydroxylation is 1. The van der Waals surface area contributed by atoms with Gasteiger partial charge in [-0.3, -0.25) is 9.36 Å². The molecule has 3 aromatic heterocycles. The zero-order valence-electron chi connectivity index (χ0n) is 14.1. The van der Waals surface area contributed by atoms with Crippen molar-refractivity contribution in [2.24, 2.45) is 0 Å². The normalized spacial score (nSPS) is 11.2. The maximum atomic E-state index is 12.9. The Balaban J connectivity index is 1.59. The SMILES string of the molecule is O=c1c2cc(Cc3ccccc3)sc2[nH]c(=S)n1CCCn1ccnc1.